The van der Waals surface area contributed by atoms with E-state index < -0.39 is 18.0 Å². The molecule has 0 aromatic heterocycles. The van der Waals surface area contributed by atoms with Crippen LogP contribution < -0.4 is 0 Å². The number of hydrogen-bond acceptors (Lipinski definition) is 3. The SMILES string of the molecule is OCc1ccc(F)cc1C(O)C(O)CCCl. The zero-order valence-electron chi connectivity index (χ0n) is 8.61. The Kier molecular flexibility index (Phi) is 5.15. The number of halogens is 2. The molecule has 1 aromatic rings. The molecule has 16 heavy (non-hydrogen) atoms. The summed E-state index contributed by atoms with van der Waals surface area (Å²) in [5, 5.41) is 28.3. The van der Waals surface area contributed by atoms with Crippen LogP contribution in [0.5, 0.6) is 0 Å². The van der Waals surface area contributed by atoms with Crippen molar-refractivity contribution < 1.29 is 19.7 Å². The second-order valence-corrected chi connectivity index (χ2v) is 3.87. The molecular weight excluding hydrogens is 235 g/mol. The van der Waals surface area contributed by atoms with Gasteiger partial charge in [-0.2, -0.15) is 0 Å². The molecule has 0 fully saturated rings. The number of benzene rings is 1. The van der Waals surface area contributed by atoms with Crippen LogP contribution in [0.4, 0.5) is 4.39 Å². The molecule has 3 N–H and O–H groups in total. The van der Waals surface area contributed by atoms with Gasteiger partial charge >= 0.3 is 0 Å². The summed E-state index contributed by atoms with van der Waals surface area (Å²) in [6.07, 6.45) is -2.11. The lowest BCUT2D eigenvalue weighted by atomic mass is 9.97. The first kappa shape index (κ1) is 13.4. The van der Waals surface area contributed by atoms with Crippen molar-refractivity contribution >= 4 is 11.6 Å². The number of aliphatic hydroxyl groups excluding tert-OH is 3. The van der Waals surface area contributed by atoms with E-state index in [9.17, 15) is 14.6 Å². The molecule has 0 bridgehead atoms. The van der Waals surface area contributed by atoms with E-state index in [4.69, 9.17) is 16.7 Å². The van der Waals surface area contributed by atoms with Gasteiger partial charge in [-0.3, -0.25) is 0 Å². The lowest BCUT2D eigenvalue weighted by Crippen LogP contribution is -2.20. The fraction of sp³-hybridized carbons (Fsp3) is 0.455. The monoisotopic (exact) mass is 248 g/mol. The van der Waals surface area contributed by atoms with E-state index >= 15 is 0 Å². The van der Waals surface area contributed by atoms with Crippen LogP contribution in [0, 0.1) is 5.82 Å². The van der Waals surface area contributed by atoms with E-state index in [1.54, 1.807) is 0 Å². The average molecular weight is 249 g/mol. The Bertz CT molecular complexity index is 346. The molecule has 1 aromatic carbocycles. The molecule has 0 aliphatic rings. The van der Waals surface area contributed by atoms with Crippen molar-refractivity contribution in [1.82, 2.24) is 0 Å². The predicted octanol–water partition coefficient (Wildman–Crippen LogP) is 1.34. The molecule has 0 radical (unpaired) electrons. The molecular formula is C11H14ClFO3. The number of rotatable bonds is 5. The van der Waals surface area contributed by atoms with E-state index in [1.807, 2.05) is 0 Å². The number of alkyl halides is 1. The molecule has 0 spiro atoms. The van der Waals surface area contributed by atoms with Crippen LogP contribution in [0.25, 0.3) is 0 Å². The Morgan fingerprint density at radius 1 is 1.31 bits per heavy atom. The molecule has 0 aliphatic heterocycles. The summed E-state index contributed by atoms with van der Waals surface area (Å²) in [7, 11) is 0. The molecule has 2 unspecified atom stereocenters. The van der Waals surface area contributed by atoms with Gasteiger partial charge in [0.05, 0.1) is 12.7 Å². The van der Waals surface area contributed by atoms with Crippen molar-refractivity contribution in [3.8, 4) is 0 Å². The molecule has 0 amide bonds. The van der Waals surface area contributed by atoms with E-state index in [2.05, 4.69) is 0 Å². The Morgan fingerprint density at radius 2 is 2.00 bits per heavy atom. The van der Waals surface area contributed by atoms with E-state index in [-0.39, 0.29) is 24.5 Å². The van der Waals surface area contributed by atoms with Crippen molar-refractivity contribution in [2.75, 3.05) is 5.88 Å². The standard InChI is InChI=1S/C11H14ClFO3/c12-4-3-10(15)11(16)9-5-8(13)2-1-7(9)6-14/h1-2,5,10-11,14-16H,3-4,6H2. The summed E-state index contributed by atoms with van der Waals surface area (Å²) in [4.78, 5) is 0. The lowest BCUT2D eigenvalue weighted by Gasteiger charge is -2.19. The molecule has 0 aliphatic carbocycles. The fourth-order valence-corrected chi connectivity index (χ4v) is 1.69. The first-order valence-electron chi connectivity index (χ1n) is 4.91. The van der Waals surface area contributed by atoms with E-state index in [1.165, 1.54) is 12.1 Å². The van der Waals surface area contributed by atoms with Gasteiger partial charge in [0, 0.05) is 5.88 Å². The van der Waals surface area contributed by atoms with Crippen LogP contribution in [0.2, 0.25) is 0 Å². The third-order valence-corrected chi connectivity index (χ3v) is 2.58. The smallest absolute Gasteiger partial charge is 0.123 e. The minimum atomic E-state index is -1.24. The van der Waals surface area contributed by atoms with Gasteiger partial charge in [-0.05, 0) is 29.7 Å². The topological polar surface area (TPSA) is 60.7 Å². The minimum Gasteiger partial charge on any atom is -0.392 e. The van der Waals surface area contributed by atoms with Crippen molar-refractivity contribution in [3.05, 3.63) is 35.1 Å². The van der Waals surface area contributed by atoms with Crippen LogP contribution in [0.15, 0.2) is 18.2 Å². The van der Waals surface area contributed by atoms with Gasteiger partial charge in [-0.1, -0.05) is 6.07 Å². The molecule has 0 heterocycles. The van der Waals surface area contributed by atoms with Gasteiger partial charge in [0.2, 0.25) is 0 Å². The number of hydrogen-bond donors (Lipinski definition) is 3. The van der Waals surface area contributed by atoms with Crippen molar-refractivity contribution in [3.63, 3.8) is 0 Å². The summed E-state index contributed by atoms with van der Waals surface area (Å²) in [5.41, 5.74) is 0.586. The Morgan fingerprint density at radius 3 is 2.56 bits per heavy atom. The summed E-state index contributed by atoms with van der Waals surface area (Å²) < 4.78 is 13.0. The second kappa shape index (κ2) is 6.15. The van der Waals surface area contributed by atoms with Crippen LogP contribution in [-0.4, -0.2) is 27.3 Å². The number of aliphatic hydroxyl groups is 3. The highest BCUT2D eigenvalue weighted by atomic mass is 35.5. The van der Waals surface area contributed by atoms with Gasteiger partial charge in [-0.25, -0.2) is 4.39 Å². The van der Waals surface area contributed by atoms with Gasteiger partial charge in [0.25, 0.3) is 0 Å². The maximum atomic E-state index is 13.0. The fourth-order valence-electron chi connectivity index (χ4n) is 1.46. The molecule has 3 nitrogen and oxygen atoms in total. The summed E-state index contributed by atoms with van der Waals surface area (Å²) in [6.45, 7) is -0.319. The quantitative estimate of drug-likeness (QED) is 0.690. The molecule has 2 atom stereocenters. The molecule has 0 saturated heterocycles. The maximum absolute atomic E-state index is 13.0. The highest BCUT2D eigenvalue weighted by Crippen LogP contribution is 2.24. The highest BCUT2D eigenvalue weighted by molar-refractivity contribution is 6.17. The largest absolute Gasteiger partial charge is 0.392 e. The maximum Gasteiger partial charge on any atom is 0.123 e. The second-order valence-electron chi connectivity index (χ2n) is 3.49. The van der Waals surface area contributed by atoms with Crippen molar-refractivity contribution in [2.45, 2.75) is 25.2 Å². The summed E-state index contributed by atoms with van der Waals surface area (Å²) >= 11 is 5.44. The Hall–Kier alpha value is -0.680. The van der Waals surface area contributed by atoms with Crippen LogP contribution >= 0.6 is 11.6 Å². The van der Waals surface area contributed by atoms with E-state index in [0.717, 1.165) is 6.07 Å². The molecule has 90 valence electrons. The van der Waals surface area contributed by atoms with Gasteiger partial charge < -0.3 is 15.3 Å². The molecule has 1 rings (SSSR count). The minimum absolute atomic E-state index is 0.195. The molecule has 5 heteroatoms. The van der Waals surface area contributed by atoms with Crippen molar-refractivity contribution in [1.29, 1.82) is 0 Å². The first-order chi connectivity index (χ1) is 7.60. The van der Waals surface area contributed by atoms with Crippen LogP contribution in [0.1, 0.15) is 23.7 Å². The van der Waals surface area contributed by atoms with Gasteiger partial charge in [-0.15, -0.1) is 11.6 Å². The third-order valence-electron chi connectivity index (χ3n) is 2.37. The lowest BCUT2D eigenvalue weighted by molar-refractivity contribution is 0.0157. The zero-order chi connectivity index (χ0) is 12.1. The van der Waals surface area contributed by atoms with Crippen LogP contribution in [0.3, 0.4) is 0 Å². The average Bonchev–Trinajstić information content (AvgIpc) is 2.28. The highest BCUT2D eigenvalue weighted by Gasteiger charge is 2.20. The Balaban J connectivity index is 2.96. The molecule has 0 saturated carbocycles. The Labute approximate surface area is 98.1 Å². The normalized spacial score (nSPS) is 14.8. The predicted molar refractivity (Wildman–Crippen MR) is 58.6 cm³/mol. The van der Waals surface area contributed by atoms with Gasteiger partial charge in [0.15, 0.2) is 0 Å². The van der Waals surface area contributed by atoms with Gasteiger partial charge in [0.1, 0.15) is 11.9 Å². The van der Waals surface area contributed by atoms with Crippen LogP contribution in [-0.2, 0) is 6.61 Å². The summed E-state index contributed by atoms with van der Waals surface area (Å²) in [6, 6.07) is 3.67. The zero-order valence-corrected chi connectivity index (χ0v) is 9.36. The third kappa shape index (κ3) is 3.15. The van der Waals surface area contributed by atoms with Crippen molar-refractivity contribution in [2.24, 2.45) is 0 Å². The first-order valence-corrected chi connectivity index (χ1v) is 5.45. The summed E-state index contributed by atoms with van der Waals surface area (Å²) in [5.74, 6) is -0.327. The van der Waals surface area contributed by atoms with E-state index in [0.29, 0.717) is 5.56 Å².